The number of amides is 2. The van der Waals surface area contributed by atoms with Crippen LogP contribution < -0.4 is 10.1 Å². The molecule has 1 atom stereocenters. The lowest BCUT2D eigenvalue weighted by Gasteiger charge is -2.36. The molecule has 0 saturated heterocycles. The van der Waals surface area contributed by atoms with Crippen molar-refractivity contribution in [2.75, 3.05) is 19.0 Å². The van der Waals surface area contributed by atoms with Gasteiger partial charge in [-0.1, -0.05) is 35.9 Å². The van der Waals surface area contributed by atoms with Gasteiger partial charge < -0.3 is 15.0 Å². The van der Waals surface area contributed by atoms with Crippen LogP contribution >= 0.6 is 11.6 Å². The number of anilines is 1. The van der Waals surface area contributed by atoms with Gasteiger partial charge in [0.15, 0.2) is 0 Å². The maximum absolute atomic E-state index is 12.6. The maximum Gasteiger partial charge on any atom is 0.226 e. The fraction of sp³-hybridized carbons (Fsp3) is 0.300. The molecule has 0 aromatic heterocycles. The van der Waals surface area contributed by atoms with Crippen LogP contribution in [-0.2, 0) is 16.0 Å². The summed E-state index contributed by atoms with van der Waals surface area (Å²) in [6, 6.07) is 12.8. The average molecular weight is 373 g/mol. The highest BCUT2D eigenvalue weighted by Gasteiger charge is 2.30. The fourth-order valence-electron chi connectivity index (χ4n) is 3.38. The third kappa shape index (κ3) is 3.83. The standard InChI is InChI=1S/C20H21ClN2O3/c1-13(24)23-10-9-14-5-3-4-6-16(14)18(23)12-20(25)22-15-7-8-19(26-2)17(21)11-15/h3-8,11,18H,9-10,12H2,1-2H3,(H,22,25). The van der Waals surface area contributed by atoms with Crippen molar-refractivity contribution in [2.24, 2.45) is 0 Å². The van der Waals surface area contributed by atoms with Crippen LogP contribution in [0.4, 0.5) is 5.69 Å². The van der Waals surface area contributed by atoms with Gasteiger partial charge in [-0.05, 0) is 35.7 Å². The molecule has 3 rings (SSSR count). The number of rotatable bonds is 4. The van der Waals surface area contributed by atoms with E-state index in [1.807, 2.05) is 18.2 Å². The van der Waals surface area contributed by atoms with E-state index < -0.39 is 0 Å². The Hall–Kier alpha value is -2.53. The summed E-state index contributed by atoms with van der Waals surface area (Å²) in [5.74, 6) is 0.359. The molecule has 2 aromatic rings. The molecule has 0 radical (unpaired) electrons. The summed E-state index contributed by atoms with van der Waals surface area (Å²) >= 11 is 6.11. The molecule has 0 fully saturated rings. The van der Waals surface area contributed by atoms with Gasteiger partial charge in [-0.3, -0.25) is 9.59 Å². The van der Waals surface area contributed by atoms with Gasteiger partial charge in [-0.15, -0.1) is 0 Å². The summed E-state index contributed by atoms with van der Waals surface area (Å²) in [7, 11) is 1.54. The van der Waals surface area contributed by atoms with E-state index in [2.05, 4.69) is 11.4 Å². The van der Waals surface area contributed by atoms with Crippen molar-refractivity contribution in [3.63, 3.8) is 0 Å². The number of fused-ring (bicyclic) bond motifs is 1. The van der Waals surface area contributed by atoms with Crippen LogP contribution in [0, 0.1) is 0 Å². The smallest absolute Gasteiger partial charge is 0.226 e. The number of carbonyl (C=O) groups is 2. The molecule has 0 aliphatic carbocycles. The fourth-order valence-corrected chi connectivity index (χ4v) is 3.64. The zero-order valence-corrected chi connectivity index (χ0v) is 15.5. The van der Waals surface area contributed by atoms with Crippen LogP contribution in [0.5, 0.6) is 5.75 Å². The second kappa shape index (κ2) is 7.79. The van der Waals surface area contributed by atoms with Crippen LogP contribution in [0.2, 0.25) is 5.02 Å². The summed E-state index contributed by atoms with van der Waals surface area (Å²) in [4.78, 5) is 26.4. The molecule has 26 heavy (non-hydrogen) atoms. The minimum atomic E-state index is -0.258. The van der Waals surface area contributed by atoms with E-state index in [4.69, 9.17) is 16.3 Å². The molecular formula is C20H21ClN2O3. The van der Waals surface area contributed by atoms with E-state index in [0.717, 1.165) is 12.0 Å². The average Bonchev–Trinajstić information content (AvgIpc) is 2.62. The number of benzene rings is 2. The van der Waals surface area contributed by atoms with Crippen LogP contribution in [0.1, 0.15) is 30.5 Å². The number of methoxy groups -OCH3 is 1. The first-order chi connectivity index (χ1) is 12.5. The molecular weight excluding hydrogens is 352 g/mol. The van der Waals surface area contributed by atoms with Crippen molar-refractivity contribution in [2.45, 2.75) is 25.8 Å². The number of nitrogens with one attached hydrogen (secondary N) is 1. The Morgan fingerprint density at radius 3 is 2.73 bits per heavy atom. The van der Waals surface area contributed by atoms with Crippen LogP contribution in [0.3, 0.4) is 0 Å². The van der Waals surface area contributed by atoms with Gasteiger partial charge in [0.25, 0.3) is 0 Å². The van der Waals surface area contributed by atoms with Crippen molar-refractivity contribution in [1.82, 2.24) is 4.90 Å². The summed E-state index contributed by atoms with van der Waals surface area (Å²) in [6.45, 7) is 2.17. The molecule has 136 valence electrons. The third-order valence-electron chi connectivity index (χ3n) is 4.63. The Morgan fingerprint density at radius 1 is 1.27 bits per heavy atom. The Balaban J connectivity index is 1.78. The molecule has 1 aliphatic heterocycles. The Kier molecular flexibility index (Phi) is 5.47. The van der Waals surface area contributed by atoms with Crippen molar-refractivity contribution < 1.29 is 14.3 Å². The predicted octanol–water partition coefficient (Wildman–Crippen LogP) is 3.82. The van der Waals surface area contributed by atoms with Crippen molar-refractivity contribution >= 4 is 29.1 Å². The highest BCUT2D eigenvalue weighted by Crippen LogP contribution is 2.33. The minimum Gasteiger partial charge on any atom is -0.495 e. The van der Waals surface area contributed by atoms with Crippen LogP contribution in [0.25, 0.3) is 0 Å². The summed E-state index contributed by atoms with van der Waals surface area (Å²) in [5, 5.41) is 3.28. The summed E-state index contributed by atoms with van der Waals surface area (Å²) in [5.41, 5.74) is 2.83. The number of ether oxygens (including phenoxy) is 1. The van der Waals surface area contributed by atoms with E-state index >= 15 is 0 Å². The van der Waals surface area contributed by atoms with Gasteiger partial charge in [-0.2, -0.15) is 0 Å². The lowest BCUT2D eigenvalue weighted by molar-refractivity contribution is -0.132. The Morgan fingerprint density at radius 2 is 2.04 bits per heavy atom. The number of carbonyl (C=O) groups excluding carboxylic acids is 2. The lowest BCUT2D eigenvalue weighted by Crippen LogP contribution is -2.40. The van der Waals surface area contributed by atoms with Crippen molar-refractivity contribution in [3.8, 4) is 5.75 Å². The molecule has 0 saturated carbocycles. The van der Waals surface area contributed by atoms with E-state index in [0.29, 0.717) is 23.0 Å². The van der Waals surface area contributed by atoms with Gasteiger partial charge in [-0.25, -0.2) is 0 Å². The molecule has 2 amide bonds. The molecule has 1 N–H and O–H groups in total. The second-order valence-electron chi connectivity index (χ2n) is 6.28. The SMILES string of the molecule is COc1ccc(NC(=O)CC2c3ccccc3CCN2C(C)=O)cc1Cl. The molecule has 1 heterocycles. The van der Waals surface area contributed by atoms with E-state index in [-0.39, 0.29) is 24.3 Å². The maximum atomic E-state index is 12.6. The normalized spacial score (nSPS) is 16.0. The number of halogens is 1. The third-order valence-corrected chi connectivity index (χ3v) is 4.93. The highest BCUT2D eigenvalue weighted by atomic mass is 35.5. The number of hydrogen-bond donors (Lipinski definition) is 1. The number of hydrogen-bond acceptors (Lipinski definition) is 3. The minimum absolute atomic E-state index is 0.0233. The van der Waals surface area contributed by atoms with Gasteiger partial charge in [0.2, 0.25) is 11.8 Å². The molecule has 1 aliphatic rings. The first-order valence-electron chi connectivity index (χ1n) is 8.48. The molecule has 0 spiro atoms. The lowest BCUT2D eigenvalue weighted by atomic mass is 9.90. The molecule has 6 heteroatoms. The van der Waals surface area contributed by atoms with E-state index in [1.54, 1.807) is 30.0 Å². The van der Waals surface area contributed by atoms with Gasteiger partial charge in [0.1, 0.15) is 5.75 Å². The first-order valence-corrected chi connectivity index (χ1v) is 8.86. The topological polar surface area (TPSA) is 58.6 Å². The zero-order valence-electron chi connectivity index (χ0n) is 14.8. The largest absolute Gasteiger partial charge is 0.495 e. The van der Waals surface area contributed by atoms with Crippen LogP contribution in [-0.4, -0.2) is 30.4 Å². The second-order valence-corrected chi connectivity index (χ2v) is 6.69. The van der Waals surface area contributed by atoms with E-state index in [9.17, 15) is 9.59 Å². The molecule has 2 aromatic carbocycles. The summed E-state index contributed by atoms with van der Waals surface area (Å²) in [6.07, 6.45) is 1.00. The van der Waals surface area contributed by atoms with Crippen LogP contribution in [0.15, 0.2) is 42.5 Å². The molecule has 0 bridgehead atoms. The Bertz CT molecular complexity index is 838. The number of nitrogens with zero attached hydrogens (tertiary/aromatic N) is 1. The van der Waals surface area contributed by atoms with Gasteiger partial charge >= 0.3 is 0 Å². The quantitative estimate of drug-likeness (QED) is 0.887. The van der Waals surface area contributed by atoms with E-state index in [1.165, 1.54) is 12.7 Å². The van der Waals surface area contributed by atoms with Crippen molar-refractivity contribution in [3.05, 3.63) is 58.6 Å². The monoisotopic (exact) mass is 372 g/mol. The highest BCUT2D eigenvalue weighted by molar-refractivity contribution is 6.32. The molecule has 5 nitrogen and oxygen atoms in total. The van der Waals surface area contributed by atoms with Gasteiger partial charge in [0, 0.05) is 19.2 Å². The molecule has 1 unspecified atom stereocenters. The summed E-state index contributed by atoms with van der Waals surface area (Å²) < 4.78 is 5.12. The zero-order chi connectivity index (χ0) is 18.7. The Labute approximate surface area is 157 Å². The first kappa shape index (κ1) is 18.3. The van der Waals surface area contributed by atoms with Crippen molar-refractivity contribution in [1.29, 1.82) is 0 Å². The predicted molar refractivity (Wildman–Crippen MR) is 102 cm³/mol. The van der Waals surface area contributed by atoms with Gasteiger partial charge in [0.05, 0.1) is 24.6 Å².